The highest BCUT2D eigenvalue weighted by Crippen LogP contribution is 2.11. The molecule has 2 atom stereocenters. The lowest BCUT2D eigenvalue weighted by atomic mass is 10.1. The molecule has 1 fully saturated rings. The Labute approximate surface area is 101 Å². The number of nitrogens with two attached hydrogens (primary N) is 1. The summed E-state index contributed by atoms with van der Waals surface area (Å²) in [5, 5.41) is 0. The fraction of sp³-hybridized carbons (Fsp3) is 1.00. The molecule has 3 nitrogen and oxygen atoms in total. The maximum absolute atomic E-state index is 5.63. The van der Waals surface area contributed by atoms with Gasteiger partial charge < -0.3 is 10.6 Å². The van der Waals surface area contributed by atoms with Crippen LogP contribution in [-0.2, 0) is 0 Å². The second-order valence-corrected chi connectivity index (χ2v) is 5.26. The molecule has 2 unspecified atom stereocenters. The van der Waals surface area contributed by atoms with Crippen molar-refractivity contribution in [1.29, 1.82) is 0 Å². The summed E-state index contributed by atoms with van der Waals surface area (Å²) in [7, 11) is 0. The van der Waals surface area contributed by atoms with E-state index in [2.05, 4.69) is 30.6 Å². The van der Waals surface area contributed by atoms with Crippen LogP contribution < -0.4 is 5.73 Å². The Balaban J connectivity index is 2.15. The molecule has 0 aliphatic carbocycles. The number of hydrogen-bond donors (Lipinski definition) is 1. The monoisotopic (exact) mass is 227 g/mol. The van der Waals surface area contributed by atoms with Crippen LogP contribution in [0.5, 0.6) is 0 Å². The van der Waals surface area contributed by atoms with Gasteiger partial charge in [0.1, 0.15) is 0 Å². The Morgan fingerprint density at radius 3 is 2.69 bits per heavy atom. The van der Waals surface area contributed by atoms with Gasteiger partial charge in [-0.15, -0.1) is 0 Å². The summed E-state index contributed by atoms with van der Waals surface area (Å²) >= 11 is 0. The summed E-state index contributed by atoms with van der Waals surface area (Å²) in [5.41, 5.74) is 5.63. The van der Waals surface area contributed by atoms with Crippen molar-refractivity contribution in [3.8, 4) is 0 Å². The quantitative estimate of drug-likeness (QED) is 0.744. The molecule has 0 radical (unpaired) electrons. The third-order valence-electron chi connectivity index (χ3n) is 3.83. The van der Waals surface area contributed by atoms with Gasteiger partial charge in [0.05, 0.1) is 0 Å². The topological polar surface area (TPSA) is 32.5 Å². The van der Waals surface area contributed by atoms with Crippen LogP contribution in [0.1, 0.15) is 33.6 Å². The van der Waals surface area contributed by atoms with Crippen LogP contribution >= 0.6 is 0 Å². The number of nitrogens with zero attached hydrogens (tertiary/aromatic N) is 2. The summed E-state index contributed by atoms with van der Waals surface area (Å²) in [5.74, 6) is 0.689. The molecule has 96 valence electrons. The highest BCUT2D eigenvalue weighted by Gasteiger charge is 2.21. The molecule has 0 bridgehead atoms. The summed E-state index contributed by atoms with van der Waals surface area (Å²) in [6.45, 7) is 13.9. The van der Waals surface area contributed by atoms with Crippen molar-refractivity contribution in [2.75, 3.05) is 39.3 Å². The Hall–Kier alpha value is -0.120. The second kappa shape index (κ2) is 7.25. The molecule has 0 amide bonds. The van der Waals surface area contributed by atoms with Crippen molar-refractivity contribution >= 4 is 0 Å². The number of hydrogen-bond acceptors (Lipinski definition) is 3. The van der Waals surface area contributed by atoms with Crippen molar-refractivity contribution in [3.05, 3.63) is 0 Å². The van der Waals surface area contributed by atoms with E-state index in [9.17, 15) is 0 Å². The fourth-order valence-corrected chi connectivity index (χ4v) is 2.52. The molecular weight excluding hydrogens is 198 g/mol. The largest absolute Gasteiger partial charge is 0.330 e. The minimum Gasteiger partial charge on any atom is -0.330 e. The minimum atomic E-state index is 0.689. The molecule has 16 heavy (non-hydrogen) atoms. The van der Waals surface area contributed by atoms with Crippen molar-refractivity contribution in [2.24, 2.45) is 11.7 Å². The first kappa shape index (κ1) is 13.9. The van der Waals surface area contributed by atoms with Gasteiger partial charge in [0, 0.05) is 25.7 Å². The zero-order valence-corrected chi connectivity index (χ0v) is 11.3. The lowest BCUT2D eigenvalue weighted by molar-refractivity contribution is 0.0863. The first-order valence-electron chi connectivity index (χ1n) is 6.83. The second-order valence-electron chi connectivity index (χ2n) is 5.26. The van der Waals surface area contributed by atoms with E-state index in [0.29, 0.717) is 5.92 Å². The van der Waals surface area contributed by atoms with Crippen LogP contribution in [-0.4, -0.2) is 55.1 Å². The average molecular weight is 227 g/mol. The molecule has 2 N–H and O–H groups in total. The Kier molecular flexibility index (Phi) is 6.32. The lowest BCUT2D eigenvalue weighted by Crippen LogP contribution is -2.51. The van der Waals surface area contributed by atoms with E-state index >= 15 is 0 Å². The van der Waals surface area contributed by atoms with Gasteiger partial charge in [-0.05, 0) is 45.3 Å². The summed E-state index contributed by atoms with van der Waals surface area (Å²) < 4.78 is 0. The predicted molar refractivity (Wildman–Crippen MR) is 70.6 cm³/mol. The number of rotatable bonds is 6. The van der Waals surface area contributed by atoms with Gasteiger partial charge in [0.25, 0.3) is 0 Å². The molecule has 1 saturated heterocycles. The predicted octanol–water partition coefficient (Wildman–Crippen LogP) is 1.39. The highest BCUT2D eigenvalue weighted by atomic mass is 15.3. The van der Waals surface area contributed by atoms with Crippen LogP contribution in [0.4, 0.5) is 0 Å². The Morgan fingerprint density at radius 2 is 2.12 bits per heavy atom. The van der Waals surface area contributed by atoms with Gasteiger partial charge in [-0.25, -0.2) is 0 Å². The molecule has 0 spiro atoms. The third kappa shape index (κ3) is 4.40. The lowest BCUT2D eigenvalue weighted by Gasteiger charge is -2.39. The zero-order valence-electron chi connectivity index (χ0n) is 11.3. The van der Waals surface area contributed by atoms with Gasteiger partial charge in [-0.1, -0.05) is 13.8 Å². The Bertz CT molecular complexity index is 184. The van der Waals surface area contributed by atoms with E-state index in [-0.39, 0.29) is 0 Å². The molecule has 1 heterocycles. The maximum Gasteiger partial charge on any atom is 0.0195 e. The van der Waals surface area contributed by atoms with E-state index in [1.165, 1.54) is 45.6 Å². The summed E-state index contributed by atoms with van der Waals surface area (Å²) in [6.07, 6.45) is 2.58. The summed E-state index contributed by atoms with van der Waals surface area (Å²) in [4.78, 5) is 5.18. The van der Waals surface area contributed by atoms with Crippen molar-refractivity contribution in [3.63, 3.8) is 0 Å². The number of likely N-dealkylation sites (N-methyl/N-ethyl adjacent to an activating group) is 1. The van der Waals surface area contributed by atoms with Crippen LogP contribution in [0.15, 0.2) is 0 Å². The van der Waals surface area contributed by atoms with Gasteiger partial charge in [0.2, 0.25) is 0 Å². The third-order valence-corrected chi connectivity index (χ3v) is 3.83. The normalized spacial score (nSPS) is 25.9. The standard InChI is InChI=1S/C13H29N3/c1-4-16-9-8-15(11-13(16)3)7-5-6-12(2)10-14/h12-13H,4-11,14H2,1-3H3. The molecule has 0 aromatic heterocycles. The molecular formula is C13H29N3. The molecule has 0 aromatic carbocycles. The van der Waals surface area contributed by atoms with E-state index in [4.69, 9.17) is 5.73 Å². The van der Waals surface area contributed by atoms with Crippen molar-refractivity contribution in [1.82, 2.24) is 9.80 Å². The fourth-order valence-electron chi connectivity index (χ4n) is 2.52. The van der Waals surface area contributed by atoms with E-state index in [1.54, 1.807) is 0 Å². The highest BCUT2D eigenvalue weighted by molar-refractivity contribution is 4.78. The number of piperazine rings is 1. The van der Waals surface area contributed by atoms with Crippen molar-refractivity contribution < 1.29 is 0 Å². The average Bonchev–Trinajstić information content (AvgIpc) is 2.29. The van der Waals surface area contributed by atoms with Crippen LogP contribution in [0.25, 0.3) is 0 Å². The Morgan fingerprint density at radius 1 is 1.38 bits per heavy atom. The van der Waals surface area contributed by atoms with Crippen LogP contribution in [0, 0.1) is 5.92 Å². The molecule has 0 aromatic rings. The van der Waals surface area contributed by atoms with Crippen LogP contribution in [0.2, 0.25) is 0 Å². The van der Waals surface area contributed by atoms with Gasteiger partial charge in [0.15, 0.2) is 0 Å². The zero-order chi connectivity index (χ0) is 12.0. The SMILES string of the molecule is CCN1CCN(CCCC(C)CN)CC1C. The van der Waals surface area contributed by atoms with Gasteiger partial charge in [-0.2, -0.15) is 0 Å². The summed E-state index contributed by atoms with van der Waals surface area (Å²) in [6, 6.07) is 0.727. The van der Waals surface area contributed by atoms with Crippen molar-refractivity contribution in [2.45, 2.75) is 39.7 Å². The minimum absolute atomic E-state index is 0.689. The van der Waals surface area contributed by atoms with E-state index in [1.807, 2.05) is 0 Å². The molecule has 0 saturated carbocycles. The van der Waals surface area contributed by atoms with Gasteiger partial charge in [-0.3, -0.25) is 4.90 Å². The molecule has 1 aliphatic heterocycles. The smallest absolute Gasteiger partial charge is 0.0195 e. The van der Waals surface area contributed by atoms with E-state index in [0.717, 1.165) is 12.6 Å². The maximum atomic E-state index is 5.63. The molecule has 3 heteroatoms. The first-order chi connectivity index (χ1) is 7.67. The molecule has 1 rings (SSSR count). The van der Waals surface area contributed by atoms with Gasteiger partial charge >= 0.3 is 0 Å². The van der Waals surface area contributed by atoms with Crippen LogP contribution in [0.3, 0.4) is 0 Å². The first-order valence-corrected chi connectivity index (χ1v) is 6.83. The van der Waals surface area contributed by atoms with E-state index < -0.39 is 0 Å². The molecule has 1 aliphatic rings.